The second kappa shape index (κ2) is 7.09. The maximum absolute atomic E-state index is 12.1. The molecule has 1 rings (SSSR count). The number of hydrogen-bond donors (Lipinski definition) is 2. The van der Waals surface area contributed by atoms with Gasteiger partial charge in [-0.05, 0) is 39.6 Å². The Bertz CT molecular complexity index is 409. The lowest BCUT2D eigenvalue weighted by atomic mass is 10.1. The maximum Gasteiger partial charge on any atom is 0.251 e. The normalized spacial score (nSPS) is 12.3. The van der Waals surface area contributed by atoms with Crippen LogP contribution in [0.4, 0.5) is 5.82 Å². The highest BCUT2D eigenvalue weighted by molar-refractivity contribution is 5.95. The lowest BCUT2D eigenvalue weighted by Gasteiger charge is -2.20. The fourth-order valence-corrected chi connectivity index (χ4v) is 1.55. The first-order valence-corrected chi connectivity index (χ1v) is 6.61. The van der Waals surface area contributed by atoms with E-state index in [4.69, 9.17) is 0 Å². The summed E-state index contributed by atoms with van der Waals surface area (Å²) in [6.07, 6.45) is 0.809. The summed E-state index contributed by atoms with van der Waals surface area (Å²) in [5, 5.41) is 5.93. The molecule has 0 radical (unpaired) electrons. The average molecular weight is 264 g/mol. The average Bonchev–Trinajstić information content (AvgIpc) is 2.43. The van der Waals surface area contributed by atoms with Crippen LogP contribution >= 0.6 is 0 Å². The van der Waals surface area contributed by atoms with E-state index in [0.29, 0.717) is 18.2 Å². The first kappa shape index (κ1) is 15.4. The first-order chi connectivity index (χ1) is 8.97. The summed E-state index contributed by atoms with van der Waals surface area (Å²) < 4.78 is 0. The van der Waals surface area contributed by atoms with Gasteiger partial charge in [-0.3, -0.25) is 4.79 Å². The van der Waals surface area contributed by atoms with Gasteiger partial charge in [0.1, 0.15) is 5.82 Å². The first-order valence-electron chi connectivity index (χ1n) is 6.61. The summed E-state index contributed by atoms with van der Waals surface area (Å²) in [6, 6.07) is 3.92. The molecule has 1 atom stereocenters. The monoisotopic (exact) mass is 264 g/mol. The van der Waals surface area contributed by atoms with Crippen LogP contribution in [-0.2, 0) is 6.42 Å². The Labute approximate surface area is 115 Å². The van der Waals surface area contributed by atoms with Crippen molar-refractivity contribution in [3.63, 3.8) is 0 Å². The number of aromatic nitrogens is 1. The Balaban J connectivity index is 2.76. The molecule has 0 bridgehead atoms. The van der Waals surface area contributed by atoms with Crippen molar-refractivity contribution in [1.29, 1.82) is 0 Å². The van der Waals surface area contributed by atoms with Gasteiger partial charge in [-0.25, -0.2) is 4.98 Å². The molecule has 0 aliphatic rings. The Hall–Kier alpha value is -1.62. The number of rotatable bonds is 6. The molecule has 5 heteroatoms. The standard InChI is InChI=1S/C14H24N4O/c1-6-12-7-11(8-13(15-3)17-12)14(19)16-9-10(2)18(4)5/h7-8,10H,6,9H2,1-5H3,(H,15,17)(H,16,19). The Morgan fingerprint density at radius 2 is 2.11 bits per heavy atom. The van der Waals surface area contributed by atoms with Crippen molar-refractivity contribution in [2.75, 3.05) is 33.0 Å². The van der Waals surface area contributed by atoms with Crippen molar-refractivity contribution in [3.8, 4) is 0 Å². The number of pyridine rings is 1. The number of hydrogen-bond acceptors (Lipinski definition) is 4. The zero-order chi connectivity index (χ0) is 14.4. The molecular formula is C14H24N4O. The molecule has 0 saturated heterocycles. The summed E-state index contributed by atoms with van der Waals surface area (Å²) in [7, 11) is 5.80. The van der Waals surface area contributed by atoms with Gasteiger partial charge in [0, 0.05) is 30.9 Å². The number of amides is 1. The third-order valence-corrected chi connectivity index (χ3v) is 3.20. The van der Waals surface area contributed by atoms with E-state index in [9.17, 15) is 4.79 Å². The van der Waals surface area contributed by atoms with Crippen LogP contribution in [0.1, 0.15) is 29.9 Å². The predicted molar refractivity (Wildman–Crippen MR) is 78.6 cm³/mol. The zero-order valence-corrected chi connectivity index (χ0v) is 12.4. The number of carbonyl (C=O) groups excluding carboxylic acids is 1. The summed E-state index contributed by atoms with van der Waals surface area (Å²) in [6.45, 7) is 4.73. The van der Waals surface area contributed by atoms with Gasteiger partial charge < -0.3 is 15.5 Å². The van der Waals surface area contributed by atoms with E-state index in [1.54, 1.807) is 13.1 Å². The van der Waals surface area contributed by atoms with Gasteiger partial charge in [-0.2, -0.15) is 0 Å². The lowest BCUT2D eigenvalue weighted by Crippen LogP contribution is -2.38. The van der Waals surface area contributed by atoms with Crippen molar-refractivity contribution < 1.29 is 4.79 Å². The molecule has 0 fully saturated rings. The second-order valence-electron chi connectivity index (χ2n) is 4.86. The van der Waals surface area contributed by atoms with Crippen LogP contribution in [0.2, 0.25) is 0 Å². The molecular weight excluding hydrogens is 240 g/mol. The molecule has 1 aromatic rings. The van der Waals surface area contributed by atoms with Gasteiger partial charge in [0.15, 0.2) is 0 Å². The lowest BCUT2D eigenvalue weighted by molar-refractivity contribution is 0.0943. The van der Waals surface area contributed by atoms with Gasteiger partial charge in [0.25, 0.3) is 5.91 Å². The summed E-state index contributed by atoms with van der Waals surface area (Å²) in [5.74, 6) is 0.674. The molecule has 0 aliphatic heterocycles. The molecule has 1 aromatic heterocycles. The number of nitrogens with one attached hydrogen (secondary N) is 2. The van der Waals surface area contributed by atoms with Crippen LogP contribution in [0.3, 0.4) is 0 Å². The van der Waals surface area contributed by atoms with Crippen LogP contribution in [0, 0.1) is 0 Å². The molecule has 0 aliphatic carbocycles. The number of carbonyl (C=O) groups is 1. The van der Waals surface area contributed by atoms with E-state index in [2.05, 4.69) is 27.4 Å². The highest BCUT2D eigenvalue weighted by Crippen LogP contribution is 2.10. The maximum atomic E-state index is 12.1. The minimum Gasteiger partial charge on any atom is -0.373 e. The number of likely N-dealkylation sites (N-methyl/N-ethyl adjacent to an activating group) is 1. The minimum atomic E-state index is -0.0534. The van der Waals surface area contributed by atoms with Gasteiger partial charge >= 0.3 is 0 Å². The molecule has 0 spiro atoms. The van der Waals surface area contributed by atoms with Crippen molar-refractivity contribution in [1.82, 2.24) is 15.2 Å². The van der Waals surface area contributed by atoms with Gasteiger partial charge in [0.05, 0.1) is 0 Å². The third-order valence-electron chi connectivity index (χ3n) is 3.20. The van der Waals surface area contributed by atoms with Crippen LogP contribution < -0.4 is 10.6 Å². The molecule has 106 valence electrons. The predicted octanol–water partition coefficient (Wildman–Crippen LogP) is 1.37. The number of aryl methyl sites for hydroxylation is 1. The smallest absolute Gasteiger partial charge is 0.251 e. The number of nitrogens with zero attached hydrogens (tertiary/aromatic N) is 2. The Morgan fingerprint density at radius 3 is 2.63 bits per heavy atom. The minimum absolute atomic E-state index is 0.0534. The van der Waals surface area contributed by atoms with Crippen LogP contribution in [0.5, 0.6) is 0 Å². The van der Waals surface area contributed by atoms with Crippen LogP contribution in [0.25, 0.3) is 0 Å². The SMILES string of the molecule is CCc1cc(C(=O)NCC(C)N(C)C)cc(NC)n1. The largest absolute Gasteiger partial charge is 0.373 e. The fraction of sp³-hybridized carbons (Fsp3) is 0.571. The summed E-state index contributed by atoms with van der Waals surface area (Å²) in [4.78, 5) is 18.6. The van der Waals surface area contributed by atoms with Crippen molar-refractivity contribution in [2.45, 2.75) is 26.3 Å². The Kier molecular flexibility index (Phi) is 5.76. The topological polar surface area (TPSA) is 57.3 Å². The molecule has 1 amide bonds. The summed E-state index contributed by atoms with van der Waals surface area (Å²) >= 11 is 0. The van der Waals surface area contributed by atoms with Crippen molar-refractivity contribution >= 4 is 11.7 Å². The van der Waals surface area contributed by atoms with Crippen molar-refractivity contribution in [3.05, 3.63) is 23.4 Å². The second-order valence-corrected chi connectivity index (χ2v) is 4.86. The van der Waals surface area contributed by atoms with E-state index in [1.807, 2.05) is 27.1 Å². The quantitative estimate of drug-likeness (QED) is 0.814. The van der Waals surface area contributed by atoms with E-state index in [-0.39, 0.29) is 5.91 Å². The highest BCUT2D eigenvalue weighted by Gasteiger charge is 2.11. The molecule has 19 heavy (non-hydrogen) atoms. The highest BCUT2D eigenvalue weighted by atomic mass is 16.1. The number of anilines is 1. The van der Waals surface area contributed by atoms with Crippen LogP contribution in [0.15, 0.2) is 12.1 Å². The van der Waals surface area contributed by atoms with E-state index in [0.717, 1.165) is 17.9 Å². The fourth-order valence-electron chi connectivity index (χ4n) is 1.55. The van der Waals surface area contributed by atoms with E-state index in [1.165, 1.54) is 0 Å². The molecule has 1 heterocycles. The third kappa shape index (κ3) is 4.52. The van der Waals surface area contributed by atoms with Gasteiger partial charge in [-0.1, -0.05) is 6.92 Å². The van der Waals surface area contributed by atoms with E-state index < -0.39 is 0 Å². The van der Waals surface area contributed by atoms with Crippen LogP contribution in [-0.4, -0.2) is 49.5 Å². The molecule has 1 unspecified atom stereocenters. The van der Waals surface area contributed by atoms with Gasteiger partial charge in [-0.15, -0.1) is 0 Å². The van der Waals surface area contributed by atoms with Crippen molar-refractivity contribution in [2.24, 2.45) is 0 Å². The molecule has 0 saturated carbocycles. The van der Waals surface area contributed by atoms with Gasteiger partial charge in [0.2, 0.25) is 0 Å². The molecule has 5 nitrogen and oxygen atoms in total. The Morgan fingerprint density at radius 1 is 1.42 bits per heavy atom. The molecule has 0 aromatic carbocycles. The molecule has 2 N–H and O–H groups in total. The zero-order valence-electron chi connectivity index (χ0n) is 12.4. The summed E-state index contributed by atoms with van der Waals surface area (Å²) in [5.41, 5.74) is 1.57. The van der Waals surface area contributed by atoms with E-state index >= 15 is 0 Å².